The Morgan fingerprint density at radius 3 is 2.52 bits per heavy atom. The third kappa shape index (κ3) is 3.65. The summed E-state index contributed by atoms with van der Waals surface area (Å²) < 4.78 is 38.1. The van der Waals surface area contributed by atoms with Gasteiger partial charge in [0.2, 0.25) is 0 Å². The van der Waals surface area contributed by atoms with Gasteiger partial charge in [0.15, 0.2) is 0 Å². The molecule has 0 spiro atoms. The molecule has 2 rings (SSSR count). The summed E-state index contributed by atoms with van der Waals surface area (Å²) in [5.41, 5.74) is 1.47. The molecular formula is C15H15F3N2O. The Hall–Kier alpha value is -2.24. The fourth-order valence-corrected chi connectivity index (χ4v) is 1.90. The molecule has 21 heavy (non-hydrogen) atoms. The van der Waals surface area contributed by atoms with Crippen LogP contribution < -0.4 is 5.32 Å². The van der Waals surface area contributed by atoms with Crippen LogP contribution in [-0.4, -0.2) is 10.1 Å². The van der Waals surface area contributed by atoms with Gasteiger partial charge in [0, 0.05) is 11.4 Å². The molecule has 112 valence electrons. The minimum absolute atomic E-state index is 0.0118. The van der Waals surface area contributed by atoms with Crippen molar-refractivity contribution in [3.63, 3.8) is 0 Å². The first-order valence-electron chi connectivity index (χ1n) is 6.34. The summed E-state index contributed by atoms with van der Waals surface area (Å²) >= 11 is 0. The fraction of sp³-hybridized carbons (Fsp3) is 0.267. The van der Waals surface area contributed by atoms with Gasteiger partial charge in [-0.2, -0.15) is 13.2 Å². The number of nitrogens with one attached hydrogen (secondary N) is 1. The number of aryl methyl sites for hydroxylation is 2. The van der Waals surface area contributed by atoms with Crippen LogP contribution in [0.2, 0.25) is 0 Å². The number of nitrogens with zero attached hydrogens (tertiary/aromatic N) is 1. The van der Waals surface area contributed by atoms with Gasteiger partial charge in [0.05, 0.1) is 12.1 Å². The molecule has 0 aliphatic carbocycles. The molecule has 2 aromatic rings. The second kappa shape index (κ2) is 5.63. The van der Waals surface area contributed by atoms with E-state index in [0.29, 0.717) is 16.9 Å². The van der Waals surface area contributed by atoms with E-state index in [1.165, 1.54) is 12.1 Å². The van der Waals surface area contributed by atoms with E-state index in [1.807, 2.05) is 0 Å². The van der Waals surface area contributed by atoms with Crippen molar-refractivity contribution in [3.05, 3.63) is 52.8 Å². The van der Waals surface area contributed by atoms with Crippen LogP contribution in [0.1, 0.15) is 22.5 Å². The molecule has 1 aromatic heterocycles. The van der Waals surface area contributed by atoms with E-state index >= 15 is 0 Å². The highest BCUT2D eigenvalue weighted by Gasteiger charge is 2.30. The van der Waals surface area contributed by atoms with E-state index in [-0.39, 0.29) is 12.3 Å². The molecule has 0 saturated heterocycles. The molecule has 0 saturated carbocycles. The molecule has 6 heteroatoms. The first kappa shape index (κ1) is 15.2. The number of rotatable bonds is 3. The highest BCUT2D eigenvalue weighted by atomic mass is 19.4. The van der Waals surface area contributed by atoms with E-state index in [0.717, 1.165) is 17.8 Å². The number of aromatic nitrogens is 1. The summed E-state index contributed by atoms with van der Waals surface area (Å²) in [6, 6.07) is 6.69. The van der Waals surface area contributed by atoms with Crippen LogP contribution in [-0.2, 0) is 12.7 Å². The highest BCUT2D eigenvalue weighted by molar-refractivity contribution is 5.53. The summed E-state index contributed by atoms with van der Waals surface area (Å²) in [6.45, 7) is 3.64. The number of hydrogen-bond acceptors (Lipinski definition) is 3. The smallest absolute Gasteiger partial charge is 0.416 e. The molecule has 0 unspecified atom stereocenters. The normalized spacial score (nSPS) is 11.5. The Kier molecular flexibility index (Phi) is 4.06. The zero-order chi connectivity index (χ0) is 15.6. The monoisotopic (exact) mass is 296 g/mol. The Morgan fingerprint density at radius 1 is 1.14 bits per heavy atom. The van der Waals surface area contributed by atoms with Gasteiger partial charge in [-0.25, -0.2) is 0 Å². The molecule has 0 atom stereocenters. The third-order valence-electron chi connectivity index (χ3n) is 3.10. The maximum Gasteiger partial charge on any atom is 0.416 e. The van der Waals surface area contributed by atoms with Gasteiger partial charge in [-0.15, -0.1) is 0 Å². The van der Waals surface area contributed by atoms with Crippen LogP contribution in [0.25, 0.3) is 0 Å². The Labute approximate surface area is 120 Å². The lowest BCUT2D eigenvalue weighted by molar-refractivity contribution is -0.137. The largest absolute Gasteiger partial charge is 0.506 e. The first-order chi connectivity index (χ1) is 9.77. The highest BCUT2D eigenvalue weighted by Crippen LogP contribution is 2.32. The summed E-state index contributed by atoms with van der Waals surface area (Å²) in [4.78, 5) is 4.15. The number of pyridine rings is 1. The first-order valence-corrected chi connectivity index (χ1v) is 6.34. The van der Waals surface area contributed by atoms with Gasteiger partial charge < -0.3 is 10.4 Å². The average Bonchev–Trinajstić information content (AvgIpc) is 2.40. The minimum atomic E-state index is -4.38. The molecule has 0 fully saturated rings. The molecule has 0 aliphatic heterocycles. The van der Waals surface area contributed by atoms with Crippen LogP contribution >= 0.6 is 0 Å². The minimum Gasteiger partial charge on any atom is -0.506 e. The molecule has 0 radical (unpaired) electrons. The molecule has 0 amide bonds. The van der Waals surface area contributed by atoms with Gasteiger partial charge in [-0.05, 0) is 43.7 Å². The van der Waals surface area contributed by atoms with Gasteiger partial charge >= 0.3 is 6.18 Å². The van der Waals surface area contributed by atoms with Crippen molar-refractivity contribution in [3.8, 4) is 5.75 Å². The maximum absolute atomic E-state index is 12.7. The van der Waals surface area contributed by atoms with Crippen molar-refractivity contribution >= 4 is 5.69 Å². The maximum atomic E-state index is 12.7. The lowest BCUT2D eigenvalue weighted by Crippen LogP contribution is -2.08. The van der Waals surface area contributed by atoms with E-state index in [2.05, 4.69) is 10.3 Å². The lowest BCUT2D eigenvalue weighted by atomic mass is 10.1. The summed E-state index contributed by atoms with van der Waals surface area (Å²) in [7, 11) is 0. The molecule has 3 nitrogen and oxygen atoms in total. The number of benzene rings is 1. The summed E-state index contributed by atoms with van der Waals surface area (Å²) in [5, 5.41) is 12.6. The van der Waals surface area contributed by atoms with Crippen molar-refractivity contribution in [2.24, 2.45) is 0 Å². The van der Waals surface area contributed by atoms with Crippen molar-refractivity contribution in [1.29, 1.82) is 0 Å². The van der Waals surface area contributed by atoms with Crippen LogP contribution in [0.5, 0.6) is 5.75 Å². The van der Waals surface area contributed by atoms with E-state index in [9.17, 15) is 18.3 Å². The second-order valence-electron chi connectivity index (χ2n) is 4.80. The number of aromatic hydroxyl groups is 1. The molecule has 0 aliphatic rings. The molecule has 1 heterocycles. The van der Waals surface area contributed by atoms with E-state index in [1.54, 1.807) is 19.9 Å². The zero-order valence-corrected chi connectivity index (χ0v) is 11.6. The number of alkyl halides is 3. The third-order valence-corrected chi connectivity index (χ3v) is 3.10. The summed E-state index contributed by atoms with van der Waals surface area (Å²) in [5.74, 6) is 0.0118. The van der Waals surface area contributed by atoms with E-state index < -0.39 is 11.7 Å². The number of hydrogen-bond donors (Lipinski definition) is 2. The Morgan fingerprint density at radius 2 is 1.86 bits per heavy atom. The number of anilines is 1. The van der Waals surface area contributed by atoms with Gasteiger partial charge in [-0.3, -0.25) is 4.98 Å². The zero-order valence-electron chi connectivity index (χ0n) is 11.6. The van der Waals surface area contributed by atoms with Crippen molar-refractivity contribution < 1.29 is 18.3 Å². The Balaban J connectivity index is 2.22. The van der Waals surface area contributed by atoms with E-state index in [4.69, 9.17) is 0 Å². The molecule has 2 N–H and O–H groups in total. The van der Waals surface area contributed by atoms with Crippen LogP contribution in [0, 0.1) is 13.8 Å². The fourth-order valence-electron chi connectivity index (χ4n) is 1.90. The lowest BCUT2D eigenvalue weighted by Gasteiger charge is -2.13. The topological polar surface area (TPSA) is 45.1 Å². The SMILES string of the molecule is Cc1ccc(O)c(CNc2cc(C(F)(F)F)ccc2C)n1. The van der Waals surface area contributed by atoms with Gasteiger partial charge in [0.1, 0.15) is 11.4 Å². The average molecular weight is 296 g/mol. The predicted molar refractivity (Wildman–Crippen MR) is 74.1 cm³/mol. The van der Waals surface area contributed by atoms with Crippen LogP contribution in [0.3, 0.4) is 0 Å². The molecular weight excluding hydrogens is 281 g/mol. The summed E-state index contributed by atoms with van der Waals surface area (Å²) in [6.07, 6.45) is -4.38. The predicted octanol–water partition coefficient (Wildman–Crippen LogP) is 4.03. The van der Waals surface area contributed by atoms with Gasteiger partial charge in [-0.1, -0.05) is 6.07 Å². The van der Waals surface area contributed by atoms with Crippen LogP contribution in [0.15, 0.2) is 30.3 Å². The Bertz CT molecular complexity index is 654. The standard InChI is InChI=1S/C15H15F3N2O/c1-9-3-5-11(15(16,17)18)7-12(9)19-8-13-14(21)6-4-10(2)20-13/h3-7,19,21H,8H2,1-2H3. The van der Waals surface area contributed by atoms with Crippen molar-refractivity contribution in [2.45, 2.75) is 26.6 Å². The van der Waals surface area contributed by atoms with Crippen molar-refractivity contribution in [2.75, 3.05) is 5.32 Å². The number of halogens is 3. The molecule has 0 bridgehead atoms. The second-order valence-corrected chi connectivity index (χ2v) is 4.80. The molecule has 1 aromatic carbocycles. The van der Waals surface area contributed by atoms with Crippen molar-refractivity contribution in [1.82, 2.24) is 4.98 Å². The van der Waals surface area contributed by atoms with Gasteiger partial charge in [0.25, 0.3) is 0 Å². The quantitative estimate of drug-likeness (QED) is 0.898. The van der Waals surface area contributed by atoms with Crippen LogP contribution in [0.4, 0.5) is 18.9 Å².